The van der Waals surface area contributed by atoms with Crippen LogP contribution in [0.15, 0.2) is 29.2 Å². The summed E-state index contributed by atoms with van der Waals surface area (Å²) < 4.78 is 26.9. The second-order valence-electron chi connectivity index (χ2n) is 5.76. The van der Waals surface area contributed by atoms with E-state index in [1.54, 1.807) is 12.1 Å². The molecule has 10 heteroatoms. The molecule has 0 unspecified atom stereocenters. The molecule has 138 valence electrons. The van der Waals surface area contributed by atoms with Gasteiger partial charge in [-0.1, -0.05) is 6.07 Å². The zero-order valence-electron chi connectivity index (χ0n) is 14.1. The smallest absolute Gasteiger partial charge is 0.243 e. The number of rotatable bonds is 6. The van der Waals surface area contributed by atoms with E-state index >= 15 is 0 Å². The number of benzene rings is 1. The molecule has 0 radical (unpaired) electrons. The number of hydrogen-bond acceptors (Lipinski definition) is 6. The van der Waals surface area contributed by atoms with Crippen molar-refractivity contribution in [3.8, 4) is 0 Å². The van der Waals surface area contributed by atoms with Crippen LogP contribution in [0.2, 0.25) is 0 Å². The summed E-state index contributed by atoms with van der Waals surface area (Å²) in [5, 5.41) is 4.90. The van der Waals surface area contributed by atoms with Gasteiger partial charge in [0.05, 0.1) is 18.0 Å². The lowest BCUT2D eigenvalue weighted by molar-refractivity contribution is -0.123. The van der Waals surface area contributed by atoms with E-state index in [0.717, 1.165) is 0 Å². The number of anilines is 1. The Kier molecular flexibility index (Phi) is 6.48. The lowest BCUT2D eigenvalue weighted by Crippen LogP contribution is -2.47. The molecule has 0 bridgehead atoms. The van der Waals surface area contributed by atoms with E-state index in [1.807, 2.05) is 7.05 Å². The van der Waals surface area contributed by atoms with Gasteiger partial charge in [0.25, 0.3) is 0 Å². The van der Waals surface area contributed by atoms with Gasteiger partial charge in [0.15, 0.2) is 0 Å². The van der Waals surface area contributed by atoms with Crippen molar-refractivity contribution in [2.24, 2.45) is 5.73 Å². The molecule has 0 saturated carbocycles. The van der Waals surface area contributed by atoms with Crippen molar-refractivity contribution in [2.45, 2.75) is 4.90 Å². The average Bonchev–Trinajstić information content (AvgIpc) is 2.60. The van der Waals surface area contributed by atoms with Crippen molar-refractivity contribution >= 4 is 27.5 Å². The number of piperazine rings is 1. The van der Waals surface area contributed by atoms with Crippen molar-refractivity contribution in [1.82, 2.24) is 14.5 Å². The zero-order valence-corrected chi connectivity index (χ0v) is 14.9. The minimum atomic E-state index is -3.60. The maximum absolute atomic E-state index is 12.7. The zero-order chi connectivity index (χ0) is 18.4. The van der Waals surface area contributed by atoms with Gasteiger partial charge in [0.2, 0.25) is 21.8 Å². The molecule has 1 aliphatic heterocycles. The first-order chi connectivity index (χ1) is 11.8. The van der Waals surface area contributed by atoms with E-state index in [4.69, 9.17) is 5.73 Å². The van der Waals surface area contributed by atoms with Crippen molar-refractivity contribution in [2.75, 3.05) is 51.6 Å². The van der Waals surface area contributed by atoms with Crippen LogP contribution in [0.4, 0.5) is 5.69 Å². The molecule has 2 rings (SSSR count). The first-order valence-corrected chi connectivity index (χ1v) is 9.32. The lowest BCUT2D eigenvalue weighted by Gasteiger charge is -2.31. The third-order valence-electron chi connectivity index (χ3n) is 3.85. The first kappa shape index (κ1) is 19.3. The van der Waals surface area contributed by atoms with Crippen LogP contribution in [0.3, 0.4) is 0 Å². The number of hydrogen-bond donors (Lipinski definition) is 3. The molecule has 2 amide bonds. The summed E-state index contributed by atoms with van der Waals surface area (Å²) in [6.07, 6.45) is 0. The molecule has 1 fully saturated rings. The van der Waals surface area contributed by atoms with Gasteiger partial charge < -0.3 is 21.3 Å². The number of amides is 2. The molecule has 0 spiro atoms. The Morgan fingerprint density at radius 1 is 1.16 bits per heavy atom. The largest absolute Gasteiger partial charge is 0.346 e. The SMILES string of the molecule is CN1CCN(S(=O)(=O)c2cccc(NC(=O)CNC(=O)CN)c2)CC1. The standard InChI is InChI=1S/C15H23N5O4S/c1-19-5-7-20(8-6-19)25(23,24)13-4-2-3-12(9-13)18-15(22)11-17-14(21)10-16/h2-4,9H,5-8,10-11,16H2,1H3,(H,17,21)(H,18,22). The van der Waals surface area contributed by atoms with E-state index < -0.39 is 21.8 Å². The minimum absolute atomic E-state index is 0.126. The molecule has 1 heterocycles. The summed E-state index contributed by atoms with van der Waals surface area (Å²) in [5.74, 6) is -0.905. The van der Waals surface area contributed by atoms with Gasteiger partial charge >= 0.3 is 0 Å². The highest BCUT2D eigenvalue weighted by Gasteiger charge is 2.27. The summed E-state index contributed by atoms with van der Waals surface area (Å²) in [5.41, 5.74) is 5.49. The van der Waals surface area contributed by atoms with Gasteiger partial charge in [-0.3, -0.25) is 9.59 Å². The number of likely N-dealkylation sites (N-methyl/N-ethyl adjacent to an activating group) is 1. The highest BCUT2D eigenvalue weighted by molar-refractivity contribution is 7.89. The van der Waals surface area contributed by atoms with E-state index in [2.05, 4.69) is 15.5 Å². The molecule has 1 aliphatic rings. The molecule has 25 heavy (non-hydrogen) atoms. The summed E-state index contributed by atoms with van der Waals surface area (Å²) in [7, 11) is -1.66. The van der Waals surface area contributed by atoms with Crippen LogP contribution in [0.5, 0.6) is 0 Å². The molecular formula is C15H23N5O4S. The monoisotopic (exact) mass is 369 g/mol. The highest BCUT2D eigenvalue weighted by Crippen LogP contribution is 2.20. The number of nitrogens with zero attached hydrogens (tertiary/aromatic N) is 2. The maximum Gasteiger partial charge on any atom is 0.243 e. The molecule has 1 saturated heterocycles. The Bertz CT molecular complexity index is 729. The molecule has 9 nitrogen and oxygen atoms in total. The van der Waals surface area contributed by atoms with Crippen molar-refractivity contribution < 1.29 is 18.0 Å². The second kappa shape index (κ2) is 8.39. The van der Waals surface area contributed by atoms with Crippen molar-refractivity contribution in [1.29, 1.82) is 0 Å². The predicted molar refractivity (Wildman–Crippen MR) is 93.4 cm³/mol. The summed E-state index contributed by atoms with van der Waals surface area (Å²) in [6, 6.07) is 6.07. The van der Waals surface area contributed by atoms with Gasteiger partial charge in [-0.15, -0.1) is 0 Å². The third kappa shape index (κ3) is 5.23. The lowest BCUT2D eigenvalue weighted by atomic mass is 10.3. The summed E-state index contributed by atoms with van der Waals surface area (Å²) in [6.45, 7) is 1.78. The van der Waals surface area contributed by atoms with Crippen LogP contribution in [0.25, 0.3) is 0 Å². The summed E-state index contributed by atoms with van der Waals surface area (Å²) in [4.78, 5) is 25.0. The molecular weight excluding hydrogens is 346 g/mol. The fraction of sp³-hybridized carbons (Fsp3) is 0.467. The fourth-order valence-electron chi connectivity index (χ4n) is 2.37. The Hall–Kier alpha value is -2.01. The molecule has 0 aliphatic carbocycles. The topological polar surface area (TPSA) is 125 Å². The number of nitrogens with two attached hydrogens (primary N) is 1. The fourth-order valence-corrected chi connectivity index (χ4v) is 3.84. The predicted octanol–water partition coefficient (Wildman–Crippen LogP) is -1.36. The third-order valence-corrected chi connectivity index (χ3v) is 5.74. The van der Waals surface area contributed by atoms with E-state index in [0.29, 0.717) is 31.9 Å². The van der Waals surface area contributed by atoms with E-state index in [1.165, 1.54) is 16.4 Å². The molecule has 1 aromatic rings. The van der Waals surface area contributed by atoms with E-state index in [-0.39, 0.29) is 18.0 Å². The van der Waals surface area contributed by atoms with Crippen LogP contribution in [0.1, 0.15) is 0 Å². The van der Waals surface area contributed by atoms with Crippen molar-refractivity contribution in [3.63, 3.8) is 0 Å². The minimum Gasteiger partial charge on any atom is -0.346 e. The number of carbonyl (C=O) groups excluding carboxylic acids is 2. The number of sulfonamides is 1. The van der Waals surface area contributed by atoms with Gasteiger partial charge in [-0.25, -0.2) is 8.42 Å². The van der Waals surface area contributed by atoms with Crippen LogP contribution in [-0.2, 0) is 19.6 Å². The molecule has 1 aromatic carbocycles. The van der Waals surface area contributed by atoms with Gasteiger partial charge in [-0.05, 0) is 25.2 Å². The maximum atomic E-state index is 12.7. The Labute approximate surface area is 147 Å². The Morgan fingerprint density at radius 2 is 1.84 bits per heavy atom. The van der Waals surface area contributed by atoms with Gasteiger partial charge in [0.1, 0.15) is 0 Å². The van der Waals surface area contributed by atoms with Gasteiger partial charge in [0, 0.05) is 31.9 Å². The number of carbonyl (C=O) groups is 2. The van der Waals surface area contributed by atoms with E-state index in [9.17, 15) is 18.0 Å². The Balaban J connectivity index is 2.05. The molecule has 0 aromatic heterocycles. The highest BCUT2D eigenvalue weighted by atomic mass is 32.2. The molecule has 0 atom stereocenters. The second-order valence-corrected chi connectivity index (χ2v) is 7.70. The van der Waals surface area contributed by atoms with Crippen LogP contribution >= 0.6 is 0 Å². The molecule has 4 N–H and O–H groups in total. The van der Waals surface area contributed by atoms with Gasteiger partial charge in [-0.2, -0.15) is 4.31 Å². The van der Waals surface area contributed by atoms with Crippen LogP contribution < -0.4 is 16.4 Å². The average molecular weight is 369 g/mol. The van der Waals surface area contributed by atoms with Crippen LogP contribution in [0, 0.1) is 0 Å². The van der Waals surface area contributed by atoms with Crippen LogP contribution in [-0.4, -0.2) is 75.8 Å². The quantitative estimate of drug-likeness (QED) is 0.569. The van der Waals surface area contributed by atoms with Crippen molar-refractivity contribution in [3.05, 3.63) is 24.3 Å². The normalized spacial score (nSPS) is 16.4. The number of nitrogens with one attached hydrogen (secondary N) is 2. The Morgan fingerprint density at radius 3 is 2.48 bits per heavy atom. The first-order valence-electron chi connectivity index (χ1n) is 7.88. The summed E-state index contributed by atoms with van der Waals surface area (Å²) >= 11 is 0.